The minimum absolute atomic E-state index is 0.0334. The lowest BCUT2D eigenvalue weighted by Gasteiger charge is -2.27. The zero-order chi connectivity index (χ0) is 27.5. The number of hydrogen-bond donors (Lipinski definition) is 2. The molecule has 1 saturated heterocycles. The maximum absolute atomic E-state index is 14.0. The predicted octanol–water partition coefficient (Wildman–Crippen LogP) is 4.32. The molecule has 40 heavy (non-hydrogen) atoms. The van der Waals surface area contributed by atoms with Gasteiger partial charge in [0.15, 0.2) is 0 Å². The van der Waals surface area contributed by atoms with Crippen LogP contribution in [-0.2, 0) is 16.1 Å². The second-order valence-corrected chi connectivity index (χ2v) is 11.2. The Hall–Kier alpha value is -4.38. The fraction of sp³-hybridized carbons (Fsp3) is 0.241. The average Bonchev–Trinajstić information content (AvgIpc) is 3.48. The summed E-state index contributed by atoms with van der Waals surface area (Å²) in [5, 5.41) is 4.47. The summed E-state index contributed by atoms with van der Waals surface area (Å²) in [4.78, 5) is 46.4. The van der Waals surface area contributed by atoms with Gasteiger partial charge in [0, 0.05) is 29.4 Å². The van der Waals surface area contributed by atoms with Gasteiger partial charge in [0.2, 0.25) is 11.8 Å². The number of pyridine rings is 2. The number of benzene rings is 1. The number of carbonyl (C=O) groups excluding carboxylic acids is 2. The quantitative estimate of drug-likeness (QED) is 0.289. The van der Waals surface area contributed by atoms with E-state index in [9.17, 15) is 9.59 Å². The maximum atomic E-state index is 14.0. The number of aryl methyl sites for hydroxylation is 1. The number of fused-ring (bicyclic) bond motifs is 4. The van der Waals surface area contributed by atoms with Crippen LogP contribution < -0.4 is 11.1 Å². The molecule has 0 bridgehead atoms. The van der Waals surface area contributed by atoms with Crippen LogP contribution in [0, 0.1) is 12.8 Å². The van der Waals surface area contributed by atoms with Gasteiger partial charge in [-0.3, -0.25) is 14.6 Å². The summed E-state index contributed by atoms with van der Waals surface area (Å²) in [5.74, 6) is 0.791. The molecule has 1 unspecified atom stereocenters. The molecular weight excluding hydrogens is 572 g/mol. The third-order valence-corrected chi connectivity index (χ3v) is 8.34. The maximum Gasteiger partial charge on any atom is 0.248 e. The topological polar surface area (TPSA) is 132 Å². The van der Waals surface area contributed by atoms with Crippen molar-refractivity contribution in [1.82, 2.24) is 29.4 Å². The van der Waals surface area contributed by atoms with Gasteiger partial charge >= 0.3 is 0 Å². The van der Waals surface area contributed by atoms with Crippen LogP contribution in [0.4, 0.5) is 11.6 Å². The number of carbonyl (C=O) groups is 2. The monoisotopic (exact) mass is 596 g/mol. The summed E-state index contributed by atoms with van der Waals surface area (Å²) in [7, 11) is 0. The van der Waals surface area contributed by atoms with Gasteiger partial charge in [0.25, 0.3) is 0 Å². The molecule has 4 aromatic heterocycles. The van der Waals surface area contributed by atoms with E-state index in [0.717, 1.165) is 34.0 Å². The number of amides is 2. The van der Waals surface area contributed by atoms with Gasteiger partial charge in [-0.15, -0.1) is 0 Å². The first kappa shape index (κ1) is 24.6. The summed E-state index contributed by atoms with van der Waals surface area (Å²) < 4.78 is 2.54. The molecule has 1 aliphatic carbocycles. The zero-order valence-corrected chi connectivity index (χ0v) is 23.2. The Bertz CT molecular complexity index is 1820. The van der Waals surface area contributed by atoms with Crippen molar-refractivity contribution in [2.75, 3.05) is 11.1 Å². The molecule has 2 amide bonds. The minimum Gasteiger partial charge on any atom is -0.383 e. The van der Waals surface area contributed by atoms with E-state index in [1.54, 1.807) is 29.3 Å². The number of rotatable bonds is 5. The Morgan fingerprint density at radius 1 is 1.12 bits per heavy atom. The van der Waals surface area contributed by atoms with Crippen molar-refractivity contribution in [3.05, 3.63) is 71.4 Å². The van der Waals surface area contributed by atoms with Gasteiger partial charge in [0.1, 0.15) is 40.8 Å². The molecule has 10 nitrogen and oxygen atoms in total. The van der Waals surface area contributed by atoms with Crippen molar-refractivity contribution in [3.8, 4) is 11.1 Å². The molecule has 2 fully saturated rings. The van der Waals surface area contributed by atoms with Crippen LogP contribution in [-0.4, -0.2) is 53.3 Å². The molecule has 200 valence electrons. The van der Waals surface area contributed by atoms with Gasteiger partial charge in [0.05, 0.1) is 10.9 Å². The van der Waals surface area contributed by atoms with E-state index in [1.165, 1.54) is 6.33 Å². The molecule has 0 radical (unpaired) electrons. The van der Waals surface area contributed by atoms with E-state index in [4.69, 9.17) is 5.73 Å². The number of anilines is 2. The van der Waals surface area contributed by atoms with E-state index < -0.39 is 6.04 Å². The van der Waals surface area contributed by atoms with Crippen LogP contribution in [0.3, 0.4) is 0 Å². The van der Waals surface area contributed by atoms with Crippen LogP contribution in [0.5, 0.6) is 0 Å². The summed E-state index contributed by atoms with van der Waals surface area (Å²) in [6.07, 6.45) is 6.54. The lowest BCUT2D eigenvalue weighted by Crippen LogP contribution is -2.46. The van der Waals surface area contributed by atoms with Crippen molar-refractivity contribution < 1.29 is 9.59 Å². The number of piperidine rings is 1. The summed E-state index contributed by atoms with van der Waals surface area (Å²) in [6.45, 7) is 2.05. The molecule has 3 atom stereocenters. The summed E-state index contributed by atoms with van der Waals surface area (Å²) >= 11 is 3.34. The molecule has 1 aliphatic heterocycles. The second kappa shape index (κ2) is 9.37. The van der Waals surface area contributed by atoms with Crippen LogP contribution in [0.25, 0.3) is 33.1 Å². The summed E-state index contributed by atoms with van der Waals surface area (Å²) in [5.41, 5.74) is 10.8. The smallest absolute Gasteiger partial charge is 0.248 e. The van der Waals surface area contributed by atoms with Gasteiger partial charge in [-0.1, -0.05) is 12.1 Å². The Morgan fingerprint density at radius 2 is 2.00 bits per heavy atom. The molecule has 0 spiro atoms. The lowest BCUT2D eigenvalue weighted by atomic mass is 10.0. The normalized spacial score (nSPS) is 19.6. The Balaban J connectivity index is 1.26. The van der Waals surface area contributed by atoms with Crippen molar-refractivity contribution in [3.63, 3.8) is 0 Å². The van der Waals surface area contributed by atoms with Crippen molar-refractivity contribution in [1.29, 1.82) is 0 Å². The highest BCUT2D eigenvalue weighted by Gasteiger charge is 2.56. The predicted molar refractivity (Wildman–Crippen MR) is 155 cm³/mol. The number of halogens is 1. The number of nitrogen functional groups attached to an aromatic ring is 1. The first-order valence-electron chi connectivity index (χ1n) is 13.1. The number of aromatic nitrogens is 5. The fourth-order valence-corrected chi connectivity index (χ4v) is 6.44. The highest BCUT2D eigenvalue weighted by atomic mass is 79.9. The van der Waals surface area contributed by atoms with Crippen molar-refractivity contribution in [2.24, 2.45) is 5.92 Å². The number of nitrogens with one attached hydrogen (secondary N) is 1. The fourth-order valence-electron chi connectivity index (χ4n) is 6.09. The Kier molecular flexibility index (Phi) is 5.77. The van der Waals surface area contributed by atoms with E-state index in [0.29, 0.717) is 39.6 Å². The van der Waals surface area contributed by atoms with Gasteiger partial charge in [-0.05, 0) is 83.1 Å². The standard InChI is InChI=1S/C29H25BrN8O2/c1-15-8-17(16-4-3-7-32-12-16)9-19-25-27(31)33-14-34-28(25)37(26(15)19)13-24(39)38-20-10-18(20)11-21(38)29(40)36-23-6-2-5-22(30)35-23/h2-9,12,14,18,20-21H,10-11,13H2,1H3,(H2,31,33,34)(H,35,36,40)/t18-,20?,21+/m1/s1. The van der Waals surface area contributed by atoms with Crippen LogP contribution in [0.15, 0.2) is 65.8 Å². The van der Waals surface area contributed by atoms with Crippen LogP contribution in [0.1, 0.15) is 18.4 Å². The molecule has 5 heterocycles. The highest BCUT2D eigenvalue weighted by Crippen LogP contribution is 2.48. The Labute approximate surface area is 237 Å². The average molecular weight is 597 g/mol. The van der Waals surface area contributed by atoms with Crippen molar-refractivity contribution in [2.45, 2.75) is 38.4 Å². The number of likely N-dealkylation sites (tertiary alicyclic amines) is 1. The summed E-state index contributed by atoms with van der Waals surface area (Å²) in [6, 6.07) is 12.9. The largest absolute Gasteiger partial charge is 0.383 e. The number of nitrogens with zero attached hydrogens (tertiary/aromatic N) is 6. The second-order valence-electron chi connectivity index (χ2n) is 10.4. The van der Waals surface area contributed by atoms with E-state index >= 15 is 0 Å². The zero-order valence-electron chi connectivity index (χ0n) is 21.6. The van der Waals surface area contributed by atoms with E-state index in [1.807, 2.05) is 29.8 Å². The van der Waals surface area contributed by atoms with E-state index in [2.05, 4.69) is 53.3 Å². The number of hydrogen-bond acceptors (Lipinski definition) is 7. The third-order valence-electron chi connectivity index (χ3n) is 7.90. The molecular formula is C29H25BrN8O2. The van der Waals surface area contributed by atoms with E-state index in [-0.39, 0.29) is 24.4 Å². The van der Waals surface area contributed by atoms with Crippen molar-refractivity contribution >= 4 is 61.3 Å². The molecule has 1 saturated carbocycles. The number of nitrogens with two attached hydrogens (primary N) is 1. The molecule has 1 aromatic carbocycles. The van der Waals surface area contributed by atoms with Gasteiger partial charge in [-0.2, -0.15) is 0 Å². The molecule has 11 heteroatoms. The minimum atomic E-state index is -0.553. The SMILES string of the molecule is Cc1cc(-c2cccnc2)cc2c3c(N)ncnc3n(CC(=O)N3C4C[C@@H]4C[C@H]3C(=O)Nc3cccc(Br)n3)c12. The Morgan fingerprint density at radius 3 is 2.80 bits per heavy atom. The molecule has 2 aliphatic rings. The molecule has 3 N–H and O–H groups in total. The third kappa shape index (κ3) is 4.08. The van der Waals surface area contributed by atoms with Gasteiger partial charge in [-0.25, -0.2) is 15.0 Å². The van der Waals surface area contributed by atoms with Crippen LogP contribution >= 0.6 is 15.9 Å². The van der Waals surface area contributed by atoms with Crippen LogP contribution in [0.2, 0.25) is 0 Å². The molecule has 5 aromatic rings. The van der Waals surface area contributed by atoms with Gasteiger partial charge < -0.3 is 20.5 Å². The lowest BCUT2D eigenvalue weighted by molar-refractivity contribution is -0.138. The molecule has 7 rings (SSSR count). The first-order valence-corrected chi connectivity index (χ1v) is 13.9. The highest BCUT2D eigenvalue weighted by molar-refractivity contribution is 9.10. The first-order chi connectivity index (χ1) is 19.4.